The molecule has 2 aromatic rings. The maximum atomic E-state index is 12.5. The lowest BCUT2D eigenvalue weighted by molar-refractivity contribution is -0.163. The summed E-state index contributed by atoms with van der Waals surface area (Å²) in [4.78, 5) is 12.5. The fourth-order valence-corrected chi connectivity index (χ4v) is 4.41. The lowest BCUT2D eigenvalue weighted by atomic mass is 9.51. The molecule has 22 heavy (non-hydrogen) atoms. The standard InChI is InChI=1S/C19H18O3/c1-19(18(21)22-2)16-13-9-5-3-7-11(13)15(17(19)20)12-8-4-6-10-14(12)16/h3-10,15-17,20H,1-2H3. The zero-order valence-corrected chi connectivity index (χ0v) is 12.6. The van der Waals surface area contributed by atoms with Crippen molar-refractivity contribution in [2.45, 2.75) is 24.9 Å². The first kappa shape index (κ1) is 13.5. The Hall–Kier alpha value is -2.13. The summed E-state index contributed by atoms with van der Waals surface area (Å²) >= 11 is 0. The molecule has 0 spiro atoms. The summed E-state index contributed by atoms with van der Waals surface area (Å²) in [5, 5.41) is 11.0. The highest BCUT2D eigenvalue weighted by molar-refractivity contribution is 5.82. The lowest BCUT2D eigenvalue weighted by Gasteiger charge is -2.53. The molecule has 2 atom stereocenters. The molecule has 0 saturated carbocycles. The minimum atomic E-state index is -0.956. The minimum Gasteiger partial charge on any atom is -0.468 e. The maximum absolute atomic E-state index is 12.5. The van der Waals surface area contributed by atoms with Crippen LogP contribution in [0.5, 0.6) is 0 Å². The van der Waals surface area contributed by atoms with Gasteiger partial charge in [0.25, 0.3) is 0 Å². The van der Waals surface area contributed by atoms with E-state index in [2.05, 4.69) is 24.3 Å². The molecule has 1 N–H and O–H groups in total. The van der Waals surface area contributed by atoms with E-state index in [4.69, 9.17) is 4.74 Å². The van der Waals surface area contributed by atoms with E-state index in [1.807, 2.05) is 31.2 Å². The van der Waals surface area contributed by atoms with Crippen molar-refractivity contribution < 1.29 is 14.6 Å². The third kappa shape index (κ3) is 1.42. The van der Waals surface area contributed by atoms with Gasteiger partial charge in [0, 0.05) is 11.8 Å². The normalized spacial score (nSPS) is 31.3. The molecule has 0 aromatic heterocycles. The molecule has 3 heteroatoms. The number of aliphatic hydroxyl groups is 1. The third-order valence-corrected chi connectivity index (χ3v) is 5.44. The smallest absolute Gasteiger partial charge is 0.315 e. The number of rotatable bonds is 1. The quantitative estimate of drug-likeness (QED) is 0.823. The molecule has 0 aliphatic heterocycles. The van der Waals surface area contributed by atoms with Gasteiger partial charge in [-0.2, -0.15) is 0 Å². The fourth-order valence-electron chi connectivity index (χ4n) is 4.41. The molecule has 3 aliphatic carbocycles. The maximum Gasteiger partial charge on any atom is 0.315 e. The van der Waals surface area contributed by atoms with E-state index in [1.54, 1.807) is 0 Å². The van der Waals surface area contributed by atoms with E-state index >= 15 is 0 Å². The Morgan fingerprint density at radius 1 is 1.00 bits per heavy atom. The van der Waals surface area contributed by atoms with Gasteiger partial charge in [-0.1, -0.05) is 48.5 Å². The first-order chi connectivity index (χ1) is 10.6. The van der Waals surface area contributed by atoms with Crippen LogP contribution in [0.25, 0.3) is 0 Å². The van der Waals surface area contributed by atoms with Crippen LogP contribution in [0.3, 0.4) is 0 Å². The van der Waals surface area contributed by atoms with E-state index < -0.39 is 11.5 Å². The minimum absolute atomic E-state index is 0.174. The molecule has 112 valence electrons. The van der Waals surface area contributed by atoms with Gasteiger partial charge in [0.1, 0.15) is 5.41 Å². The second-order valence-electron chi connectivity index (χ2n) is 6.39. The highest BCUT2D eigenvalue weighted by atomic mass is 16.5. The molecule has 0 radical (unpaired) electrons. The van der Waals surface area contributed by atoms with Gasteiger partial charge < -0.3 is 9.84 Å². The monoisotopic (exact) mass is 294 g/mol. The Morgan fingerprint density at radius 2 is 1.45 bits per heavy atom. The molecule has 0 amide bonds. The lowest BCUT2D eigenvalue weighted by Crippen LogP contribution is -2.55. The van der Waals surface area contributed by atoms with Crippen LogP contribution in [0, 0.1) is 5.41 Å². The molecule has 0 fully saturated rings. The number of hydrogen-bond acceptors (Lipinski definition) is 3. The van der Waals surface area contributed by atoms with E-state index in [1.165, 1.54) is 7.11 Å². The molecular formula is C19H18O3. The molecule has 2 aromatic carbocycles. The third-order valence-electron chi connectivity index (χ3n) is 5.44. The average Bonchev–Trinajstić information content (AvgIpc) is 2.56. The Morgan fingerprint density at radius 3 is 1.91 bits per heavy atom. The van der Waals surface area contributed by atoms with Gasteiger partial charge in [0.15, 0.2) is 0 Å². The van der Waals surface area contributed by atoms with Gasteiger partial charge in [-0.15, -0.1) is 0 Å². The van der Waals surface area contributed by atoms with Crippen LogP contribution < -0.4 is 0 Å². The Bertz CT molecular complexity index is 719. The number of hydrogen-bond donors (Lipinski definition) is 1. The summed E-state index contributed by atoms with van der Waals surface area (Å²) in [7, 11) is 1.39. The molecule has 5 rings (SSSR count). The Kier molecular flexibility index (Phi) is 2.73. The summed E-state index contributed by atoms with van der Waals surface area (Å²) in [5.74, 6) is -0.701. The molecule has 0 saturated heterocycles. The van der Waals surface area contributed by atoms with Gasteiger partial charge >= 0.3 is 5.97 Å². The van der Waals surface area contributed by atoms with E-state index in [0.29, 0.717) is 0 Å². The Balaban J connectivity index is 2.06. The second-order valence-corrected chi connectivity index (χ2v) is 6.39. The first-order valence-corrected chi connectivity index (χ1v) is 7.54. The van der Waals surface area contributed by atoms with Crippen molar-refractivity contribution in [2.75, 3.05) is 7.11 Å². The van der Waals surface area contributed by atoms with Gasteiger partial charge in [0.2, 0.25) is 0 Å². The zero-order chi connectivity index (χ0) is 15.5. The van der Waals surface area contributed by atoms with Crippen LogP contribution in [-0.4, -0.2) is 24.3 Å². The van der Waals surface area contributed by atoms with Crippen molar-refractivity contribution in [3.05, 3.63) is 70.8 Å². The number of carbonyl (C=O) groups excluding carboxylic acids is 1. The highest BCUT2D eigenvalue weighted by Gasteiger charge is 2.60. The predicted octanol–water partition coefficient (Wildman–Crippen LogP) is 2.82. The number of carbonyl (C=O) groups is 1. The summed E-state index contributed by atoms with van der Waals surface area (Å²) in [5.41, 5.74) is 3.55. The van der Waals surface area contributed by atoms with Gasteiger partial charge in [-0.25, -0.2) is 0 Å². The predicted molar refractivity (Wildman–Crippen MR) is 82.7 cm³/mol. The number of aliphatic hydroxyl groups excluding tert-OH is 1. The van der Waals surface area contributed by atoms with Crippen molar-refractivity contribution in [2.24, 2.45) is 5.41 Å². The molecule has 2 unspecified atom stereocenters. The molecule has 0 heterocycles. The summed E-state index contributed by atoms with van der Waals surface area (Å²) in [6.07, 6.45) is -0.783. The van der Waals surface area contributed by atoms with Gasteiger partial charge in [-0.05, 0) is 29.2 Å². The molecule has 2 bridgehead atoms. The van der Waals surface area contributed by atoms with Gasteiger partial charge in [-0.3, -0.25) is 4.79 Å². The summed E-state index contributed by atoms with van der Waals surface area (Å²) in [6.45, 7) is 1.83. The van der Waals surface area contributed by atoms with Crippen LogP contribution in [0.1, 0.15) is 41.0 Å². The van der Waals surface area contributed by atoms with Crippen molar-refractivity contribution in [3.8, 4) is 0 Å². The number of esters is 1. The largest absolute Gasteiger partial charge is 0.468 e. The Labute approximate surface area is 129 Å². The molecular weight excluding hydrogens is 276 g/mol. The number of fused-ring (bicyclic) bond motifs is 1. The van der Waals surface area contributed by atoms with Crippen molar-refractivity contribution >= 4 is 5.97 Å². The zero-order valence-electron chi connectivity index (χ0n) is 12.6. The van der Waals surface area contributed by atoms with Crippen LogP contribution in [0.2, 0.25) is 0 Å². The van der Waals surface area contributed by atoms with E-state index in [9.17, 15) is 9.90 Å². The number of ether oxygens (including phenoxy) is 1. The van der Waals surface area contributed by atoms with Crippen molar-refractivity contribution in [1.82, 2.24) is 0 Å². The highest BCUT2D eigenvalue weighted by Crippen LogP contribution is 2.61. The van der Waals surface area contributed by atoms with Crippen molar-refractivity contribution in [3.63, 3.8) is 0 Å². The summed E-state index contributed by atoms with van der Waals surface area (Å²) < 4.78 is 5.05. The van der Waals surface area contributed by atoms with E-state index in [-0.39, 0.29) is 17.8 Å². The van der Waals surface area contributed by atoms with Crippen molar-refractivity contribution in [1.29, 1.82) is 0 Å². The van der Waals surface area contributed by atoms with Crippen LogP contribution in [-0.2, 0) is 9.53 Å². The first-order valence-electron chi connectivity index (χ1n) is 7.54. The van der Waals surface area contributed by atoms with Crippen LogP contribution in [0.15, 0.2) is 48.5 Å². The SMILES string of the molecule is COC(=O)C1(C)C2c3ccccc3C(c3ccccc32)C1O. The van der Waals surface area contributed by atoms with Crippen LogP contribution in [0.4, 0.5) is 0 Å². The number of benzene rings is 2. The average molecular weight is 294 g/mol. The molecule has 3 nitrogen and oxygen atoms in total. The number of methoxy groups -OCH3 is 1. The molecule has 3 aliphatic rings. The summed E-state index contributed by atoms with van der Waals surface area (Å²) in [6, 6.07) is 16.2. The van der Waals surface area contributed by atoms with Crippen LogP contribution >= 0.6 is 0 Å². The fraction of sp³-hybridized carbons (Fsp3) is 0.316. The topological polar surface area (TPSA) is 46.5 Å². The van der Waals surface area contributed by atoms with E-state index in [0.717, 1.165) is 22.3 Å². The second kappa shape index (κ2) is 4.43. The van der Waals surface area contributed by atoms with Gasteiger partial charge in [0.05, 0.1) is 13.2 Å².